The monoisotopic (exact) mass is 297 g/mol. The molecular formula is C16H12FN3O2. The Kier molecular flexibility index (Phi) is 3.42. The zero-order chi connectivity index (χ0) is 15.7. The van der Waals surface area contributed by atoms with Gasteiger partial charge in [0.1, 0.15) is 5.82 Å². The van der Waals surface area contributed by atoms with Gasteiger partial charge in [-0.25, -0.2) is 4.39 Å². The van der Waals surface area contributed by atoms with Crippen molar-refractivity contribution in [2.75, 3.05) is 0 Å². The topological polar surface area (TPSA) is 77.8 Å². The molecule has 0 spiro atoms. The number of nitrogens with one attached hydrogen (secondary N) is 1. The molecule has 0 bridgehead atoms. The van der Waals surface area contributed by atoms with Crippen LogP contribution in [0.2, 0.25) is 0 Å². The van der Waals surface area contributed by atoms with E-state index in [1.165, 1.54) is 18.2 Å². The van der Waals surface area contributed by atoms with Crippen molar-refractivity contribution in [3.63, 3.8) is 0 Å². The number of halogens is 1. The number of hydrogen-bond donors (Lipinski definition) is 2. The van der Waals surface area contributed by atoms with Gasteiger partial charge in [-0.1, -0.05) is 17.7 Å². The van der Waals surface area contributed by atoms with Gasteiger partial charge >= 0.3 is 0 Å². The van der Waals surface area contributed by atoms with Gasteiger partial charge in [-0.2, -0.15) is 0 Å². The van der Waals surface area contributed by atoms with E-state index in [1.54, 1.807) is 24.3 Å². The van der Waals surface area contributed by atoms with Crippen molar-refractivity contribution in [1.29, 1.82) is 0 Å². The van der Waals surface area contributed by atoms with Crippen molar-refractivity contribution in [3.05, 3.63) is 59.4 Å². The SMILES string of the molecule is Cc1ccc(C(=O)N=Nc2c(O)[nH]c3ccc(F)cc23)cc1. The van der Waals surface area contributed by atoms with Crippen LogP contribution in [0.25, 0.3) is 10.9 Å². The summed E-state index contributed by atoms with van der Waals surface area (Å²) in [5.41, 5.74) is 1.96. The number of aryl methyl sites for hydroxylation is 1. The summed E-state index contributed by atoms with van der Waals surface area (Å²) >= 11 is 0. The maximum Gasteiger partial charge on any atom is 0.295 e. The Bertz CT molecular complexity index is 882. The number of carbonyl (C=O) groups is 1. The molecule has 6 heteroatoms. The highest BCUT2D eigenvalue weighted by Gasteiger charge is 2.12. The van der Waals surface area contributed by atoms with Crippen LogP contribution in [0, 0.1) is 12.7 Å². The number of aromatic amines is 1. The van der Waals surface area contributed by atoms with Gasteiger partial charge in [-0.3, -0.25) is 4.79 Å². The summed E-state index contributed by atoms with van der Waals surface area (Å²) in [4.78, 5) is 14.6. The number of aromatic nitrogens is 1. The fourth-order valence-electron chi connectivity index (χ4n) is 2.09. The number of H-pyrrole nitrogens is 1. The van der Waals surface area contributed by atoms with E-state index in [0.29, 0.717) is 16.5 Å². The highest BCUT2D eigenvalue weighted by atomic mass is 19.1. The standard InChI is InChI=1S/C16H12FN3O2/c1-9-2-4-10(5-3-9)15(21)20-19-14-12-8-11(17)6-7-13(12)18-16(14)22/h2-8,18,22H,1H3. The molecule has 0 aliphatic rings. The minimum Gasteiger partial charge on any atom is -0.493 e. The number of carbonyl (C=O) groups excluding carboxylic acids is 1. The normalized spacial score (nSPS) is 11.4. The smallest absolute Gasteiger partial charge is 0.295 e. The Morgan fingerprint density at radius 1 is 1.18 bits per heavy atom. The summed E-state index contributed by atoms with van der Waals surface area (Å²) < 4.78 is 13.3. The number of nitrogens with zero attached hydrogens (tertiary/aromatic N) is 2. The quantitative estimate of drug-likeness (QED) is 0.694. The predicted molar refractivity (Wildman–Crippen MR) is 79.9 cm³/mol. The molecule has 3 aromatic rings. The lowest BCUT2D eigenvalue weighted by atomic mass is 10.1. The summed E-state index contributed by atoms with van der Waals surface area (Å²) in [5, 5.41) is 17.5. The van der Waals surface area contributed by atoms with E-state index in [2.05, 4.69) is 15.2 Å². The van der Waals surface area contributed by atoms with Crippen molar-refractivity contribution < 1.29 is 14.3 Å². The fraction of sp³-hybridized carbons (Fsp3) is 0.0625. The number of benzene rings is 2. The largest absolute Gasteiger partial charge is 0.493 e. The first-order valence-electron chi connectivity index (χ1n) is 6.57. The molecule has 1 amide bonds. The molecule has 1 aromatic heterocycles. The van der Waals surface area contributed by atoms with Crippen LogP contribution in [-0.4, -0.2) is 16.0 Å². The summed E-state index contributed by atoms with van der Waals surface area (Å²) in [5.74, 6) is -1.26. The predicted octanol–water partition coefficient (Wildman–Crippen LogP) is 4.25. The second-order valence-electron chi connectivity index (χ2n) is 4.88. The second kappa shape index (κ2) is 5.40. The van der Waals surface area contributed by atoms with E-state index in [9.17, 15) is 14.3 Å². The van der Waals surface area contributed by atoms with E-state index in [1.807, 2.05) is 6.92 Å². The van der Waals surface area contributed by atoms with Crippen LogP contribution in [0.5, 0.6) is 5.88 Å². The zero-order valence-corrected chi connectivity index (χ0v) is 11.7. The Balaban J connectivity index is 1.95. The minimum absolute atomic E-state index is 0.0370. The summed E-state index contributed by atoms with van der Waals surface area (Å²) in [7, 11) is 0. The molecule has 3 rings (SSSR count). The number of fused-ring (bicyclic) bond motifs is 1. The number of hydrogen-bond acceptors (Lipinski definition) is 3. The average Bonchev–Trinajstić information content (AvgIpc) is 2.80. The number of amides is 1. The van der Waals surface area contributed by atoms with Gasteiger partial charge in [0, 0.05) is 10.9 Å². The lowest BCUT2D eigenvalue weighted by Crippen LogP contribution is -1.92. The van der Waals surface area contributed by atoms with E-state index < -0.39 is 11.7 Å². The first-order valence-corrected chi connectivity index (χ1v) is 6.57. The van der Waals surface area contributed by atoms with Gasteiger partial charge in [0.2, 0.25) is 5.88 Å². The number of aromatic hydroxyl groups is 1. The van der Waals surface area contributed by atoms with Crippen LogP contribution < -0.4 is 0 Å². The lowest BCUT2D eigenvalue weighted by Gasteiger charge is -1.96. The summed E-state index contributed by atoms with van der Waals surface area (Å²) in [6, 6.07) is 10.8. The molecule has 2 N–H and O–H groups in total. The molecule has 0 atom stereocenters. The second-order valence-corrected chi connectivity index (χ2v) is 4.88. The van der Waals surface area contributed by atoms with Crippen LogP contribution in [0.3, 0.4) is 0 Å². The van der Waals surface area contributed by atoms with Crippen LogP contribution in [-0.2, 0) is 0 Å². The van der Waals surface area contributed by atoms with Crippen LogP contribution in [0.15, 0.2) is 52.7 Å². The third-order valence-corrected chi connectivity index (χ3v) is 3.25. The molecule has 2 aromatic carbocycles. The van der Waals surface area contributed by atoms with Crippen molar-refractivity contribution in [2.24, 2.45) is 10.2 Å². The van der Waals surface area contributed by atoms with Gasteiger partial charge in [0.15, 0.2) is 5.69 Å². The van der Waals surface area contributed by atoms with Gasteiger partial charge in [0.05, 0.1) is 5.52 Å². The molecule has 0 radical (unpaired) electrons. The molecule has 110 valence electrons. The third kappa shape index (κ3) is 2.58. The molecule has 0 aliphatic carbocycles. The molecule has 0 saturated heterocycles. The highest BCUT2D eigenvalue weighted by Crippen LogP contribution is 2.35. The first-order chi connectivity index (χ1) is 10.5. The number of rotatable bonds is 2. The van der Waals surface area contributed by atoms with Gasteiger partial charge < -0.3 is 10.1 Å². The Labute approximate surface area is 125 Å². The van der Waals surface area contributed by atoms with Gasteiger partial charge in [0.25, 0.3) is 5.91 Å². The first kappa shape index (κ1) is 13.9. The number of azo groups is 1. The van der Waals surface area contributed by atoms with E-state index >= 15 is 0 Å². The third-order valence-electron chi connectivity index (χ3n) is 3.25. The van der Waals surface area contributed by atoms with Crippen molar-refractivity contribution in [3.8, 4) is 5.88 Å². The minimum atomic E-state index is -0.537. The van der Waals surface area contributed by atoms with E-state index in [0.717, 1.165) is 5.56 Å². The molecule has 0 unspecified atom stereocenters. The molecule has 0 saturated carbocycles. The van der Waals surface area contributed by atoms with Crippen molar-refractivity contribution >= 4 is 22.5 Å². The maximum absolute atomic E-state index is 13.3. The van der Waals surface area contributed by atoms with E-state index in [-0.39, 0.29) is 11.6 Å². The van der Waals surface area contributed by atoms with Crippen molar-refractivity contribution in [2.45, 2.75) is 6.92 Å². The molecular weight excluding hydrogens is 285 g/mol. The van der Waals surface area contributed by atoms with Crippen LogP contribution in [0.1, 0.15) is 15.9 Å². The Morgan fingerprint density at radius 3 is 2.64 bits per heavy atom. The van der Waals surface area contributed by atoms with Gasteiger partial charge in [-0.15, -0.1) is 10.2 Å². The van der Waals surface area contributed by atoms with E-state index in [4.69, 9.17) is 0 Å². The molecule has 1 heterocycles. The summed E-state index contributed by atoms with van der Waals surface area (Å²) in [6.07, 6.45) is 0. The fourth-order valence-corrected chi connectivity index (χ4v) is 2.09. The van der Waals surface area contributed by atoms with Crippen LogP contribution >= 0.6 is 0 Å². The van der Waals surface area contributed by atoms with Crippen LogP contribution in [0.4, 0.5) is 10.1 Å². The lowest BCUT2D eigenvalue weighted by molar-refractivity contribution is 0.0995. The molecule has 5 nitrogen and oxygen atoms in total. The molecule has 22 heavy (non-hydrogen) atoms. The molecule has 0 fully saturated rings. The Hall–Kier alpha value is -3.02. The van der Waals surface area contributed by atoms with Gasteiger partial charge in [-0.05, 0) is 37.3 Å². The summed E-state index contributed by atoms with van der Waals surface area (Å²) in [6.45, 7) is 1.91. The van der Waals surface area contributed by atoms with Crippen molar-refractivity contribution in [1.82, 2.24) is 4.98 Å². The average molecular weight is 297 g/mol. The maximum atomic E-state index is 13.3. The zero-order valence-electron chi connectivity index (χ0n) is 11.7. The Morgan fingerprint density at radius 2 is 1.91 bits per heavy atom. The molecule has 0 aliphatic heterocycles. The highest BCUT2D eigenvalue weighted by molar-refractivity contribution is 5.97.